The van der Waals surface area contributed by atoms with Gasteiger partial charge in [0.1, 0.15) is 11.2 Å². The van der Waals surface area contributed by atoms with Crippen molar-refractivity contribution < 1.29 is 19.5 Å². The summed E-state index contributed by atoms with van der Waals surface area (Å²) < 4.78 is 0. The minimum atomic E-state index is -2.43. The molecule has 0 amide bonds. The SMILES string of the molecule is CCC(C)C(=O)C1=C(N=O)C2(O)C(=O)C[C@H]3C(C)(C)C(C(C)(C)N=O)CC32C1=O. The third-order valence-electron chi connectivity index (χ3n) is 8.05. The lowest BCUT2D eigenvalue weighted by molar-refractivity contribution is -0.146. The number of carbonyl (C=O) groups is 3. The van der Waals surface area contributed by atoms with Gasteiger partial charge in [0.15, 0.2) is 23.0 Å². The molecule has 0 bridgehead atoms. The Labute approximate surface area is 169 Å². The van der Waals surface area contributed by atoms with Crippen LogP contribution in [0.4, 0.5) is 0 Å². The van der Waals surface area contributed by atoms with E-state index in [0.717, 1.165) is 0 Å². The van der Waals surface area contributed by atoms with Gasteiger partial charge in [-0.3, -0.25) is 14.4 Å². The lowest BCUT2D eigenvalue weighted by Crippen LogP contribution is -2.51. The van der Waals surface area contributed by atoms with Crippen LogP contribution in [0.15, 0.2) is 21.6 Å². The van der Waals surface area contributed by atoms with Gasteiger partial charge in [0, 0.05) is 12.3 Å². The highest BCUT2D eigenvalue weighted by molar-refractivity contribution is 6.29. The van der Waals surface area contributed by atoms with E-state index in [0.29, 0.717) is 6.42 Å². The molecule has 0 saturated heterocycles. The first kappa shape index (κ1) is 21.6. The van der Waals surface area contributed by atoms with Gasteiger partial charge < -0.3 is 5.11 Å². The highest BCUT2D eigenvalue weighted by Gasteiger charge is 2.82. The molecule has 3 rings (SSSR count). The zero-order valence-electron chi connectivity index (χ0n) is 17.7. The molecule has 5 atom stereocenters. The van der Waals surface area contributed by atoms with Gasteiger partial charge in [-0.1, -0.05) is 32.9 Å². The Hall–Kier alpha value is -2.09. The van der Waals surface area contributed by atoms with Crippen LogP contribution in [0.5, 0.6) is 0 Å². The summed E-state index contributed by atoms with van der Waals surface area (Å²) in [4.78, 5) is 63.0. The molecule has 0 aromatic rings. The molecule has 0 aromatic heterocycles. The van der Waals surface area contributed by atoms with Gasteiger partial charge in [-0.2, -0.15) is 4.91 Å². The lowest BCUT2D eigenvalue weighted by Gasteiger charge is -2.38. The highest BCUT2D eigenvalue weighted by atomic mass is 16.3. The Bertz CT molecular complexity index is 872. The minimum absolute atomic E-state index is 0.0131. The maximum atomic E-state index is 13.7. The van der Waals surface area contributed by atoms with Crippen LogP contribution in [-0.2, 0) is 14.4 Å². The van der Waals surface area contributed by atoms with Crippen LogP contribution < -0.4 is 0 Å². The van der Waals surface area contributed by atoms with Crippen LogP contribution in [0.3, 0.4) is 0 Å². The quantitative estimate of drug-likeness (QED) is 0.535. The number of hydrogen-bond acceptors (Lipinski definition) is 8. The number of Topliss-reactive ketones (excluding diaryl/α,β-unsaturated/α-hetero) is 3. The molecule has 3 aliphatic rings. The number of carbonyl (C=O) groups excluding carboxylic acids is 3. The Morgan fingerprint density at radius 3 is 2.34 bits per heavy atom. The van der Waals surface area contributed by atoms with Crippen LogP contribution in [0.1, 0.15) is 60.8 Å². The number of nitroso groups, excluding NO2 is 2. The lowest BCUT2D eigenvalue weighted by atomic mass is 9.65. The largest absolute Gasteiger partial charge is 0.375 e. The van der Waals surface area contributed by atoms with Crippen molar-refractivity contribution in [2.24, 2.45) is 38.9 Å². The standard InChI is InChI=1S/C21H28N2O6/c1-7-10(2)15(25)14-16(22-28)21(27)13(24)8-11-18(3,4)12(19(5,6)23-29)9-20(11,21)17(14)26/h10-12,27H,7-9H2,1-6H3/t10?,11-,12?,20?,21?/m0/s1. The second kappa shape index (κ2) is 6.20. The van der Waals surface area contributed by atoms with Gasteiger partial charge in [-0.15, -0.1) is 4.91 Å². The first-order valence-electron chi connectivity index (χ1n) is 10.1. The number of allylic oxidation sites excluding steroid dienone is 1. The number of nitrogens with zero attached hydrogens (tertiary/aromatic N) is 2. The predicted octanol–water partition coefficient (Wildman–Crippen LogP) is 3.10. The van der Waals surface area contributed by atoms with Crippen molar-refractivity contribution in [2.75, 3.05) is 0 Å². The fourth-order valence-corrected chi connectivity index (χ4v) is 6.29. The van der Waals surface area contributed by atoms with Crippen LogP contribution in [0.2, 0.25) is 0 Å². The van der Waals surface area contributed by atoms with E-state index in [2.05, 4.69) is 10.4 Å². The first-order chi connectivity index (χ1) is 13.3. The highest BCUT2D eigenvalue weighted by Crippen LogP contribution is 2.73. The molecular formula is C21H28N2O6. The van der Waals surface area contributed by atoms with E-state index in [1.165, 1.54) is 0 Å². The molecular weight excluding hydrogens is 376 g/mol. The topological polar surface area (TPSA) is 130 Å². The summed E-state index contributed by atoms with van der Waals surface area (Å²) in [6.07, 6.45) is 0.298. The number of hydrogen-bond donors (Lipinski definition) is 1. The number of ketones is 3. The van der Waals surface area contributed by atoms with E-state index >= 15 is 0 Å². The molecule has 8 nitrogen and oxygen atoms in total. The molecule has 4 unspecified atom stereocenters. The van der Waals surface area contributed by atoms with E-state index in [4.69, 9.17) is 0 Å². The summed E-state index contributed by atoms with van der Waals surface area (Å²) in [5.74, 6) is -3.56. The molecule has 29 heavy (non-hydrogen) atoms. The van der Waals surface area contributed by atoms with Crippen molar-refractivity contribution in [3.8, 4) is 0 Å². The number of aliphatic hydroxyl groups is 1. The molecule has 0 aliphatic heterocycles. The Morgan fingerprint density at radius 1 is 1.28 bits per heavy atom. The Kier molecular flexibility index (Phi) is 4.62. The Balaban J connectivity index is 2.28. The van der Waals surface area contributed by atoms with Crippen LogP contribution in [-0.4, -0.2) is 33.6 Å². The summed E-state index contributed by atoms with van der Waals surface area (Å²) in [6.45, 7) is 10.4. The van der Waals surface area contributed by atoms with Gasteiger partial charge in [0.25, 0.3) is 0 Å². The van der Waals surface area contributed by atoms with Crippen molar-refractivity contribution in [2.45, 2.75) is 71.9 Å². The van der Waals surface area contributed by atoms with Crippen molar-refractivity contribution in [3.63, 3.8) is 0 Å². The van der Waals surface area contributed by atoms with Crippen molar-refractivity contribution in [1.82, 2.24) is 0 Å². The van der Waals surface area contributed by atoms with Gasteiger partial charge in [0.2, 0.25) is 0 Å². The predicted molar refractivity (Wildman–Crippen MR) is 105 cm³/mol. The van der Waals surface area contributed by atoms with E-state index in [1.54, 1.807) is 27.7 Å². The van der Waals surface area contributed by atoms with E-state index in [9.17, 15) is 29.3 Å². The first-order valence-corrected chi connectivity index (χ1v) is 10.1. The molecule has 1 spiro atoms. The molecule has 2 fully saturated rings. The molecule has 8 heteroatoms. The molecule has 3 aliphatic carbocycles. The zero-order valence-corrected chi connectivity index (χ0v) is 17.7. The minimum Gasteiger partial charge on any atom is -0.375 e. The molecule has 0 radical (unpaired) electrons. The van der Waals surface area contributed by atoms with E-state index in [1.807, 2.05) is 13.8 Å². The summed E-state index contributed by atoms with van der Waals surface area (Å²) in [5.41, 5.74) is -6.96. The van der Waals surface area contributed by atoms with Crippen LogP contribution in [0, 0.1) is 38.4 Å². The third-order valence-corrected chi connectivity index (χ3v) is 8.05. The molecule has 2 saturated carbocycles. The van der Waals surface area contributed by atoms with E-state index < -0.39 is 68.3 Å². The second-order valence-corrected chi connectivity index (χ2v) is 10.0. The summed E-state index contributed by atoms with van der Waals surface area (Å²) in [7, 11) is 0. The zero-order chi connectivity index (χ0) is 22.2. The van der Waals surface area contributed by atoms with Crippen molar-refractivity contribution >= 4 is 17.3 Å². The summed E-state index contributed by atoms with van der Waals surface area (Å²) >= 11 is 0. The van der Waals surface area contributed by atoms with Crippen molar-refractivity contribution in [1.29, 1.82) is 0 Å². The summed E-state index contributed by atoms with van der Waals surface area (Å²) in [5, 5.41) is 17.7. The van der Waals surface area contributed by atoms with Crippen LogP contribution >= 0.6 is 0 Å². The van der Waals surface area contributed by atoms with Gasteiger partial charge >= 0.3 is 0 Å². The third kappa shape index (κ3) is 2.26. The fourth-order valence-electron chi connectivity index (χ4n) is 6.29. The average molecular weight is 404 g/mol. The average Bonchev–Trinajstić information content (AvgIpc) is 3.13. The van der Waals surface area contributed by atoms with E-state index in [-0.39, 0.29) is 12.8 Å². The maximum absolute atomic E-state index is 13.7. The maximum Gasteiger partial charge on any atom is 0.182 e. The monoisotopic (exact) mass is 404 g/mol. The normalized spacial score (nSPS) is 36.8. The van der Waals surface area contributed by atoms with Crippen molar-refractivity contribution in [3.05, 3.63) is 21.1 Å². The van der Waals surface area contributed by atoms with Gasteiger partial charge in [-0.25, -0.2) is 0 Å². The van der Waals surface area contributed by atoms with Gasteiger partial charge in [-0.05, 0) is 49.1 Å². The molecule has 158 valence electrons. The molecule has 1 N–H and O–H groups in total. The molecule has 0 heterocycles. The Morgan fingerprint density at radius 2 is 1.86 bits per heavy atom. The summed E-state index contributed by atoms with van der Waals surface area (Å²) in [6, 6.07) is 0. The number of rotatable bonds is 6. The fraction of sp³-hybridized carbons (Fsp3) is 0.762. The smallest absolute Gasteiger partial charge is 0.182 e. The molecule has 0 aromatic carbocycles. The van der Waals surface area contributed by atoms with Gasteiger partial charge in [0.05, 0.1) is 11.0 Å². The second-order valence-electron chi connectivity index (χ2n) is 10.0. The van der Waals surface area contributed by atoms with Crippen LogP contribution in [0.25, 0.3) is 0 Å².